The molecule has 2 heterocycles. The largest absolute Gasteiger partial charge is 0.475 e. The number of fused-ring (bicyclic) bond motifs is 3. The van der Waals surface area contributed by atoms with E-state index in [2.05, 4.69) is 63.7 Å². The Morgan fingerprint density at radius 1 is 1.21 bits per heavy atom. The van der Waals surface area contributed by atoms with Gasteiger partial charge in [0.15, 0.2) is 15.7 Å². The lowest BCUT2D eigenvalue weighted by atomic mass is 9.44. The van der Waals surface area contributed by atoms with Gasteiger partial charge in [0.2, 0.25) is 0 Å². The molecule has 168 valence electrons. The molecule has 5 nitrogen and oxygen atoms in total. The first-order valence-corrected chi connectivity index (χ1v) is 11.8. The molecule has 7 heteroatoms. The van der Waals surface area contributed by atoms with Crippen molar-refractivity contribution in [3.8, 4) is 23.0 Å². The number of aliphatic imine (C=N–C) groups is 1. The Morgan fingerprint density at radius 2 is 2.03 bits per heavy atom. The minimum atomic E-state index is -0.547. The lowest BCUT2D eigenvalue weighted by Crippen LogP contribution is -2.60. The van der Waals surface area contributed by atoms with Crippen LogP contribution in [0.15, 0.2) is 41.7 Å². The molecular formula is C26H31B2N3O2. The lowest BCUT2D eigenvalue weighted by molar-refractivity contribution is -0.0559. The molecule has 1 fully saturated rings. The van der Waals surface area contributed by atoms with E-state index in [1.807, 2.05) is 20.2 Å². The summed E-state index contributed by atoms with van der Waals surface area (Å²) in [5.41, 5.74) is 11.4. The van der Waals surface area contributed by atoms with Crippen LogP contribution in [0.25, 0.3) is 11.1 Å². The van der Waals surface area contributed by atoms with Crippen LogP contribution in [-0.4, -0.2) is 45.3 Å². The number of hydrogen-bond acceptors (Lipinski definition) is 5. The maximum Gasteiger partial charge on any atom is 0.282 e. The topological polar surface area (TPSA) is 69.7 Å². The van der Waals surface area contributed by atoms with Gasteiger partial charge in [-0.2, -0.15) is 0 Å². The van der Waals surface area contributed by atoms with Crippen LogP contribution in [0.4, 0.5) is 0 Å². The van der Waals surface area contributed by atoms with Crippen molar-refractivity contribution in [2.24, 2.45) is 22.1 Å². The SMILES string of the molecule is BC1(B)OC(N)=N[C@]12c1cc(-c3cncc(C#CC)c3)ccc1C[C@@]21CC[C@H](OC)[C@@H](C)C1. The second-order valence-corrected chi connectivity index (χ2v) is 10.4. The molecule has 2 aliphatic carbocycles. The molecule has 0 unspecified atom stereocenters. The van der Waals surface area contributed by atoms with Gasteiger partial charge in [-0.15, -0.1) is 5.92 Å². The van der Waals surface area contributed by atoms with Crippen LogP contribution in [0.3, 0.4) is 0 Å². The third kappa shape index (κ3) is 3.14. The molecule has 5 rings (SSSR count). The number of nitrogens with two attached hydrogens (primary N) is 1. The van der Waals surface area contributed by atoms with Gasteiger partial charge in [-0.3, -0.25) is 4.98 Å². The molecule has 3 aliphatic rings. The number of nitrogens with zero attached hydrogens (tertiary/aromatic N) is 2. The molecular weight excluding hydrogens is 408 g/mol. The zero-order valence-electron chi connectivity index (χ0n) is 20.2. The van der Waals surface area contributed by atoms with E-state index in [1.165, 1.54) is 11.1 Å². The molecule has 0 radical (unpaired) electrons. The molecule has 1 aromatic heterocycles. The van der Waals surface area contributed by atoms with E-state index in [4.69, 9.17) is 20.2 Å². The van der Waals surface area contributed by atoms with Crippen LogP contribution >= 0.6 is 0 Å². The summed E-state index contributed by atoms with van der Waals surface area (Å²) in [6.07, 6.45) is 8.06. The van der Waals surface area contributed by atoms with Crippen molar-refractivity contribution >= 4 is 21.7 Å². The predicted molar refractivity (Wildman–Crippen MR) is 136 cm³/mol. The smallest absolute Gasteiger partial charge is 0.282 e. The molecule has 0 saturated heterocycles. The highest BCUT2D eigenvalue weighted by molar-refractivity contribution is 6.41. The summed E-state index contributed by atoms with van der Waals surface area (Å²) in [4.78, 5) is 9.58. The Kier molecular flexibility index (Phi) is 5.14. The molecule has 2 spiro atoms. The minimum absolute atomic E-state index is 0.0548. The molecule has 1 aromatic carbocycles. The highest BCUT2D eigenvalue weighted by Gasteiger charge is 2.68. The van der Waals surface area contributed by atoms with Crippen molar-refractivity contribution in [1.82, 2.24) is 4.98 Å². The van der Waals surface area contributed by atoms with Crippen LogP contribution in [0.1, 0.15) is 49.8 Å². The number of ether oxygens (including phenoxy) is 2. The fourth-order valence-corrected chi connectivity index (χ4v) is 7.03. The molecule has 2 N–H and O–H groups in total. The number of amidine groups is 1. The van der Waals surface area contributed by atoms with Gasteiger partial charge in [0.25, 0.3) is 6.02 Å². The van der Waals surface area contributed by atoms with E-state index in [9.17, 15) is 0 Å². The zero-order valence-corrected chi connectivity index (χ0v) is 20.2. The van der Waals surface area contributed by atoms with Gasteiger partial charge in [-0.1, -0.05) is 25.0 Å². The van der Waals surface area contributed by atoms with Gasteiger partial charge in [0, 0.05) is 36.0 Å². The third-order valence-corrected chi connectivity index (χ3v) is 8.20. The zero-order chi connectivity index (χ0) is 23.4. The molecule has 0 bridgehead atoms. The van der Waals surface area contributed by atoms with Crippen LogP contribution in [-0.2, 0) is 21.4 Å². The molecule has 33 heavy (non-hydrogen) atoms. The molecule has 2 aromatic rings. The maximum absolute atomic E-state index is 6.28. The van der Waals surface area contributed by atoms with Crippen molar-refractivity contribution in [3.63, 3.8) is 0 Å². The average Bonchev–Trinajstić information content (AvgIpc) is 3.18. The van der Waals surface area contributed by atoms with Gasteiger partial charge >= 0.3 is 0 Å². The van der Waals surface area contributed by atoms with Crippen molar-refractivity contribution in [2.75, 3.05) is 7.11 Å². The van der Waals surface area contributed by atoms with Gasteiger partial charge in [0.1, 0.15) is 5.54 Å². The first-order valence-electron chi connectivity index (χ1n) is 11.8. The summed E-state index contributed by atoms with van der Waals surface area (Å²) in [6.45, 7) is 4.15. The van der Waals surface area contributed by atoms with Gasteiger partial charge in [0.05, 0.1) is 11.5 Å². The number of aromatic nitrogens is 1. The van der Waals surface area contributed by atoms with Crippen LogP contribution in [0, 0.1) is 23.2 Å². The van der Waals surface area contributed by atoms with Gasteiger partial charge in [-0.05, 0) is 67.3 Å². The Bertz CT molecular complexity index is 1200. The summed E-state index contributed by atoms with van der Waals surface area (Å²) in [5, 5.41) is -0.547. The van der Waals surface area contributed by atoms with Crippen LogP contribution in [0.5, 0.6) is 0 Å². The third-order valence-electron chi connectivity index (χ3n) is 8.20. The van der Waals surface area contributed by atoms with Crippen molar-refractivity contribution in [2.45, 2.75) is 56.6 Å². The first kappa shape index (κ1) is 22.1. The average molecular weight is 439 g/mol. The van der Waals surface area contributed by atoms with E-state index >= 15 is 0 Å². The summed E-state index contributed by atoms with van der Waals surface area (Å²) < 4.78 is 12.0. The number of methoxy groups -OCH3 is 1. The van der Waals surface area contributed by atoms with Gasteiger partial charge in [-0.25, -0.2) is 4.99 Å². The highest BCUT2D eigenvalue weighted by atomic mass is 16.5. The highest BCUT2D eigenvalue weighted by Crippen LogP contribution is 2.65. The summed E-state index contributed by atoms with van der Waals surface area (Å²) in [5.74, 6) is 6.52. The fourth-order valence-electron chi connectivity index (χ4n) is 7.03. The quantitative estimate of drug-likeness (QED) is 0.574. The Hall–Kier alpha value is -2.71. The normalized spacial score (nSPS) is 31.5. The number of pyridine rings is 1. The molecule has 4 atom stereocenters. The van der Waals surface area contributed by atoms with E-state index in [1.54, 1.807) is 6.20 Å². The fraction of sp³-hybridized carbons (Fsp3) is 0.462. The van der Waals surface area contributed by atoms with E-state index in [0.717, 1.165) is 42.4 Å². The van der Waals surface area contributed by atoms with Crippen LogP contribution in [0.2, 0.25) is 0 Å². The summed E-state index contributed by atoms with van der Waals surface area (Å²) in [7, 11) is 6.12. The number of benzene rings is 1. The van der Waals surface area contributed by atoms with Crippen molar-refractivity contribution in [1.29, 1.82) is 0 Å². The minimum Gasteiger partial charge on any atom is -0.475 e. The number of hydrogen-bond donors (Lipinski definition) is 1. The Morgan fingerprint density at radius 3 is 2.70 bits per heavy atom. The molecule has 0 amide bonds. The van der Waals surface area contributed by atoms with Crippen molar-refractivity contribution < 1.29 is 9.47 Å². The van der Waals surface area contributed by atoms with E-state index < -0.39 is 10.9 Å². The Labute approximate surface area is 198 Å². The molecule has 1 saturated carbocycles. The van der Waals surface area contributed by atoms with E-state index in [-0.39, 0.29) is 11.5 Å². The predicted octanol–water partition coefficient (Wildman–Crippen LogP) is 1.96. The van der Waals surface area contributed by atoms with Crippen LogP contribution < -0.4 is 5.73 Å². The summed E-state index contributed by atoms with van der Waals surface area (Å²) >= 11 is 0. The second kappa shape index (κ2) is 7.67. The van der Waals surface area contributed by atoms with Crippen molar-refractivity contribution in [3.05, 3.63) is 53.3 Å². The lowest BCUT2D eigenvalue weighted by Gasteiger charge is -2.53. The van der Waals surface area contributed by atoms with E-state index in [0.29, 0.717) is 11.9 Å². The maximum atomic E-state index is 6.28. The number of rotatable bonds is 2. The first-order chi connectivity index (χ1) is 15.7. The standard InChI is InChI=1S/C26H31B2N3O2/c1-4-5-17-10-20(15-30-14-17)18-6-7-19-13-24(9-8-22(32-3)16(2)12-24)25(21(19)11-18)26(27,28)33-23(29)31-25/h6-7,10-11,14-16,22H,8-9,12-13,27-28H2,1-3H3,(H2,29,31)/t16-,22-,24-,25-/m0/s1. The summed E-state index contributed by atoms with van der Waals surface area (Å²) in [6, 6.07) is 9.16. The Balaban J connectivity index is 1.68. The molecule has 1 aliphatic heterocycles. The van der Waals surface area contributed by atoms with Gasteiger partial charge < -0.3 is 15.2 Å². The second-order valence-electron chi connectivity index (χ2n) is 10.4. The monoisotopic (exact) mass is 439 g/mol.